The van der Waals surface area contributed by atoms with Crippen LogP contribution in [0.5, 0.6) is 0 Å². The fourth-order valence-corrected chi connectivity index (χ4v) is 8.08. The lowest BCUT2D eigenvalue weighted by molar-refractivity contribution is 1.02. The van der Waals surface area contributed by atoms with Crippen LogP contribution in [0.4, 0.5) is 0 Å². The van der Waals surface area contributed by atoms with Gasteiger partial charge >= 0.3 is 0 Å². The molecule has 0 fully saturated rings. The summed E-state index contributed by atoms with van der Waals surface area (Å²) in [7, 11) is 0. The summed E-state index contributed by atoms with van der Waals surface area (Å²) in [6, 6.07) is 68.4. The van der Waals surface area contributed by atoms with Gasteiger partial charge in [-0.2, -0.15) is 0 Å². The summed E-state index contributed by atoms with van der Waals surface area (Å²) >= 11 is 0. The van der Waals surface area contributed by atoms with E-state index in [-0.39, 0.29) is 5.92 Å². The number of benzene rings is 8. The van der Waals surface area contributed by atoms with Gasteiger partial charge in [0.1, 0.15) is 0 Å². The second-order valence-corrected chi connectivity index (χ2v) is 13.2. The van der Waals surface area contributed by atoms with Gasteiger partial charge in [0, 0.05) is 22.4 Å². The number of para-hydroxylation sites is 1. The molecule has 0 bridgehead atoms. The van der Waals surface area contributed by atoms with Crippen LogP contribution in [0.3, 0.4) is 0 Å². The lowest BCUT2D eigenvalue weighted by Gasteiger charge is -2.16. The topological polar surface area (TPSA) is 4.93 Å². The maximum atomic E-state index is 7.84. The van der Waals surface area contributed by atoms with Gasteiger partial charge in [-0.15, -0.1) is 0 Å². The predicted molar refractivity (Wildman–Crippen MR) is 210 cm³/mol. The number of aromatic nitrogens is 1. The van der Waals surface area contributed by atoms with Gasteiger partial charge in [-0.05, 0) is 97.6 Å². The highest BCUT2D eigenvalue weighted by molar-refractivity contribution is 6.10. The number of hydrogen-bond acceptors (Lipinski definition) is 0. The maximum Gasteiger partial charge on any atom is 0.0623 e. The predicted octanol–water partition coefficient (Wildman–Crippen LogP) is 12.9. The first-order valence-corrected chi connectivity index (χ1v) is 17.3. The van der Waals surface area contributed by atoms with E-state index in [9.17, 15) is 0 Å². The first-order chi connectivity index (χ1) is 25.2. The van der Waals surface area contributed by atoms with Crippen molar-refractivity contribution in [3.05, 3.63) is 211 Å². The minimum Gasteiger partial charge on any atom is -0.309 e. The molecule has 1 heterocycles. The van der Waals surface area contributed by atoms with Crippen molar-refractivity contribution >= 4 is 21.8 Å². The lowest BCUT2D eigenvalue weighted by atomic mass is 9.87. The molecule has 0 N–H and O–H groups in total. The van der Waals surface area contributed by atoms with Crippen LogP contribution in [-0.4, -0.2) is 4.57 Å². The van der Waals surface area contributed by atoms with E-state index in [1.807, 2.05) is 24.3 Å². The molecule has 0 saturated carbocycles. The molecule has 10 rings (SSSR count). The molecule has 1 nitrogen and oxygen atoms in total. The molecule has 1 aliphatic rings. The van der Waals surface area contributed by atoms with Crippen LogP contribution in [-0.2, 0) is 0 Å². The monoisotopic (exact) mass is 636 g/mol. The molecule has 9 aromatic rings. The lowest BCUT2D eigenvalue weighted by Crippen LogP contribution is -1.99. The molecule has 234 valence electrons. The van der Waals surface area contributed by atoms with Gasteiger partial charge in [-0.3, -0.25) is 0 Å². The Morgan fingerprint density at radius 2 is 0.980 bits per heavy atom. The van der Waals surface area contributed by atoms with E-state index >= 15 is 0 Å². The summed E-state index contributed by atoms with van der Waals surface area (Å²) in [5, 5.41) is 2.49. The first-order valence-electron chi connectivity index (χ1n) is 17.8. The molecule has 0 aliphatic heterocycles. The van der Waals surface area contributed by atoms with Gasteiger partial charge < -0.3 is 4.57 Å². The second kappa shape index (κ2) is 11.6. The molecule has 1 aromatic heterocycles. The molecule has 1 heteroatoms. The van der Waals surface area contributed by atoms with Crippen molar-refractivity contribution < 1.29 is 1.37 Å². The number of hydrogen-bond donors (Lipinski definition) is 0. The van der Waals surface area contributed by atoms with Crippen molar-refractivity contribution in [3.8, 4) is 50.2 Å². The summed E-state index contributed by atoms with van der Waals surface area (Å²) in [5.74, 6) is 0.192. The fourth-order valence-electron chi connectivity index (χ4n) is 8.08. The number of nitrogens with zero attached hydrogens (tertiary/aromatic N) is 1. The van der Waals surface area contributed by atoms with E-state index in [0.717, 1.165) is 16.8 Å². The minimum absolute atomic E-state index is 0.192. The third-order valence-electron chi connectivity index (χ3n) is 10.4. The molecular weight excluding hydrogens is 603 g/mol. The summed E-state index contributed by atoms with van der Waals surface area (Å²) < 4.78 is 10.2. The highest BCUT2D eigenvalue weighted by Crippen LogP contribution is 2.49. The van der Waals surface area contributed by atoms with Crippen molar-refractivity contribution in [2.24, 2.45) is 0 Å². The second-order valence-electron chi connectivity index (χ2n) is 13.2. The van der Waals surface area contributed by atoms with Gasteiger partial charge in [-0.1, -0.05) is 158 Å². The summed E-state index contributed by atoms with van der Waals surface area (Å²) in [6.45, 7) is 0. The standard InChI is InChI=1S/C49H33N/c1-3-12-33(13-4-1)35-22-26-40(27-23-35)50-47-21-10-9-19-42(47)46-32-38(25-29-48(46)50)37-24-28-44-45(31-37)41-18-7-8-20-43(41)49(44)39-17-11-16-36(30-39)34-14-5-2-6-15-34/h1-32,49H/i1D. The van der Waals surface area contributed by atoms with E-state index in [2.05, 4.69) is 168 Å². The Labute approximate surface area is 293 Å². The van der Waals surface area contributed by atoms with Gasteiger partial charge in [0.25, 0.3) is 0 Å². The van der Waals surface area contributed by atoms with Gasteiger partial charge in [0.05, 0.1) is 12.4 Å². The Morgan fingerprint density at radius 1 is 0.380 bits per heavy atom. The van der Waals surface area contributed by atoms with E-state index < -0.39 is 0 Å². The first kappa shape index (κ1) is 27.5. The Hall–Kier alpha value is -6.44. The van der Waals surface area contributed by atoms with Crippen LogP contribution in [0.1, 0.15) is 24.0 Å². The van der Waals surface area contributed by atoms with Crippen LogP contribution in [0.2, 0.25) is 0 Å². The molecule has 0 radical (unpaired) electrons. The van der Waals surface area contributed by atoms with E-state index in [1.165, 1.54) is 71.9 Å². The molecular formula is C49H33N. The highest BCUT2D eigenvalue weighted by Gasteiger charge is 2.30. The molecule has 0 spiro atoms. The normalized spacial score (nSPS) is 13.7. The summed E-state index contributed by atoms with van der Waals surface area (Å²) in [4.78, 5) is 0. The Morgan fingerprint density at radius 3 is 1.86 bits per heavy atom. The number of rotatable bonds is 5. The summed E-state index contributed by atoms with van der Waals surface area (Å²) in [5.41, 5.74) is 17.4. The average molecular weight is 637 g/mol. The largest absolute Gasteiger partial charge is 0.309 e. The molecule has 1 unspecified atom stereocenters. The zero-order valence-electron chi connectivity index (χ0n) is 28.4. The fraction of sp³-hybridized carbons (Fsp3) is 0.0204. The van der Waals surface area contributed by atoms with Crippen molar-refractivity contribution in [3.63, 3.8) is 0 Å². The molecule has 50 heavy (non-hydrogen) atoms. The van der Waals surface area contributed by atoms with Crippen molar-refractivity contribution in [2.45, 2.75) is 5.92 Å². The SMILES string of the molecule is [2H]c1ccc(-c2ccc(-n3c4ccccc4c4cc(-c5ccc6c(c5)-c5ccccc5C6c5cccc(-c6ccccc6)c5)ccc43)cc2)cc1. The van der Waals surface area contributed by atoms with E-state index in [1.54, 1.807) is 0 Å². The van der Waals surface area contributed by atoms with E-state index in [4.69, 9.17) is 1.37 Å². The molecule has 1 aliphatic carbocycles. The summed E-state index contributed by atoms with van der Waals surface area (Å²) in [6.07, 6.45) is 0. The molecule has 0 saturated heterocycles. The van der Waals surface area contributed by atoms with Gasteiger partial charge in [0.2, 0.25) is 0 Å². The zero-order valence-corrected chi connectivity index (χ0v) is 27.4. The smallest absolute Gasteiger partial charge is 0.0623 e. The minimum atomic E-state index is 0.192. The quantitative estimate of drug-likeness (QED) is 0.177. The van der Waals surface area contributed by atoms with Crippen molar-refractivity contribution in [1.82, 2.24) is 4.57 Å². The molecule has 8 aromatic carbocycles. The molecule has 0 amide bonds. The van der Waals surface area contributed by atoms with Gasteiger partial charge in [-0.25, -0.2) is 0 Å². The Kier molecular flexibility index (Phi) is 6.39. The van der Waals surface area contributed by atoms with Crippen LogP contribution in [0.25, 0.3) is 72.0 Å². The van der Waals surface area contributed by atoms with E-state index in [0.29, 0.717) is 6.04 Å². The van der Waals surface area contributed by atoms with Crippen LogP contribution >= 0.6 is 0 Å². The zero-order chi connectivity index (χ0) is 33.9. The number of fused-ring (bicyclic) bond motifs is 6. The van der Waals surface area contributed by atoms with Crippen LogP contribution in [0.15, 0.2) is 194 Å². The van der Waals surface area contributed by atoms with Crippen LogP contribution < -0.4 is 0 Å². The third-order valence-corrected chi connectivity index (χ3v) is 10.4. The van der Waals surface area contributed by atoms with Crippen molar-refractivity contribution in [1.29, 1.82) is 0 Å². The Balaban J connectivity index is 1.06. The van der Waals surface area contributed by atoms with Gasteiger partial charge in [0.15, 0.2) is 0 Å². The maximum absolute atomic E-state index is 7.84. The molecule has 1 atom stereocenters. The highest BCUT2D eigenvalue weighted by atomic mass is 15.0. The average Bonchev–Trinajstić information content (AvgIpc) is 3.71. The Bertz CT molecular complexity index is 2740. The third kappa shape index (κ3) is 4.63. The van der Waals surface area contributed by atoms with Crippen molar-refractivity contribution in [2.75, 3.05) is 0 Å². The van der Waals surface area contributed by atoms with Crippen LogP contribution in [0, 0.1) is 0 Å².